The fraction of sp³-hybridized carbons (Fsp3) is 0.444. The lowest BCUT2D eigenvalue weighted by atomic mass is 10.0. The summed E-state index contributed by atoms with van der Waals surface area (Å²) < 4.78 is 27.6. The number of aryl methyl sites for hydroxylation is 1. The van der Waals surface area contributed by atoms with Crippen LogP contribution >= 0.6 is 11.3 Å². The van der Waals surface area contributed by atoms with Crippen LogP contribution in [0.15, 0.2) is 17.0 Å². The molecule has 2 aromatic rings. The second-order valence-electron chi connectivity index (χ2n) is 7.14. The molecule has 9 heteroatoms. The summed E-state index contributed by atoms with van der Waals surface area (Å²) in [7, 11) is -2.42. The van der Waals surface area contributed by atoms with E-state index in [4.69, 9.17) is 5.73 Å². The minimum Gasteiger partial charge on any atom is -0.375 e. The lowest BCUT2D eigenvalue weighted by Gasteiger charge is -2.15. The molecule has 1 aliphatic heterocycles. The van der Waals surface area contributed by atoms with E-state index in [0.717, 1.165) is 28.1 Å². The number of amides is 1. The highest BCUT2D eigenvalue weighted by Crippen LogP contribution is 2.39. The normalized spacial score (nSPS) is 16.8. The summed E-state index contributed by atoms with van der Waals surface area (Å²) in [5, 5.41) is 0.433. The molecule has 2 aliphatic rings. The number of sulfonamides is 1. The van der Waals surface area contributed by atoms with Crippen LogP contribution in [-0.4, -0.2) is 37.8 Å². The number of rotatable bonds is 6. The van der Waals surface area contributed by atoms with Crippen molar-refractivity contribution in [2.75, 3.05) is 19.3 Å². The summed E-state index contributed by atoms with van der Waals surface area (Å²) in [6.07, 6.45) is 3.43. The molecule has 144 valence electrons. The highest BCUT2D eigenvalue weighted by atomic mass is 32.2. The SMILES string of the molecule is CNS(=O)(=O)c1cc(-c2sc(N)nc2C)cc2c1C(=O)N(CCC1CC1)C2. The van der Waals surface area contributed by atoms with Crippen molar-refractivity contribution in [1.29, 1.82) is 0 Å². The molecular formula is C18H22N4O3S2. The van der Waals surface area contributed by atoms with Gasteiger partial charge in [-0.3, -0.25) is 4.79 Å². The minimum atomic E-state index is -3.78. The van der Waals surface area contributed by atoms with Crippen molar-refractivity contribution in [3.05, 3.63) is 29.0 Å². The van der Waals surface area contributed by atoms with Gasteiger partial charge >= 0.3 is 0 Å². The summed E-state index contributed by atoms with van der Waals surface area (Å²) in [6, 6.07) is 3.46. The van der Waals surface area contributed by atoms with Crippen LogP contribution in [0.4, 0.5) is 5.13 Å². The van der Waals surface area contributed by atoms with E-state index >= 15 is 0 Å². The number of thiazole rings is 1. The number of hydrogen-bond acceptors (Lipinski definition) is 6. The number of carbonyl (C=O) groups is 1. The molecule has 1 saturated carbocycles. The van der Waals surface area contributed by atoms with E-state index < -0.39 is 10.0 Å². The zero-order chi connectivity index (χ0) is 19.3. The lowest BCUT2D eigenvalue weighted by molar-refractivity contribution is 0.0771. The number of nitrogens with one attached hydrogen (secondary N) is 1. The van der Waals surface area contributed by atoms with Gasteiger partial charge in [-0.15, -0.1) is 0 Å². The van der Waals surface area contributed by atoms with E-state index in [-0.39, 0.29) is 10.8 Å². The Kier molecular flexibility index (Phi) is 4.48. The van der Waals surface area contributed by atoms with E-state index in [1.54, 1.807) is 11.0 Å². The third-order valence-electron chi connectivity index (χ3n) is 5.18. The van der Waals surface area contributed by atoms with Crippen molar-refractivity contribution in [3.63, 3.8) is 0 Å². The molecule has 1 aromatic carbocycles. The average Bonchev–Trinajstić information content (AvgIpc) is 3.32. The van der Waals surface area contributed by atoms with Crippen molar-refractivity contribution in [1.82, 2.24) is 14.6 Å². The maximum absolute atomic E-state index is 12.9. The Balaban J connectivity index is 1.80. The molecule has 0 saturated heterocycles. The number of carbonyl (C=O) groups excluding carboxylic acids is 1. The molecule has 3 N–H and O–H groups in total. The molecule has 1 fully saturated rings. The van der Waals surface area contributed by atoms with Crippen LogP contribution in [0.5, 0.6) is 0 Å². The number of nitrogens with zero attached hydrogens (tertiary/aromatic N) is 2. The first-order valence-electron chi connectivity index (χ1n) is 8.93. The molecule has 0 unspecified atom stereocenters. The molecular weight excluding hydrogens is 384 g/mol. The maximum Gasteiger partial charge on any atom is 0.255 e. The highest BCUT2D eigenvalue weighted by Gasteiger charge is 2.35. The smallest absolute Gasteiger partial charge is 0.255 e. The van der Waals surface area contributed by atoms with E-state index in [0.29, 0.717) is 29.7 Å². The molecule has 0 atom stereocenters. The van der Waals surface area contributed by atoms with Crippen LogP contribution in [0.25, 0.3) is 10.4 Å². The number of nitrogen functional groups attached to an aromatic ring is 1. The molecule has 1 aromatic heterocycles. The Morgan fingerprint density at radius 2 is 2.11 bits per heavy atom. The van der Waals surface area contributed by atoms with Crippen molar-refractivity contribution in [2.24, 2.45) is 5.92 Å². The van der Waals surface area contributed by atoms with Crippen molar-refractivity contribution >= 4 is 32.4 Å². The zero-order valence-corrected chi connectivity index (χ0v) is 16.9. The van der Waals surface area contributed by atoms with E-state index in [1.165, 1.54) is 31.2 Å². The van der Waals surface area contributed by atoms with Crippen LogP contribution in [0, 0.1) is 12.8 Å². The second-order valence-corrected chi connectivity index (χ2v) is 10.0. The molecule has 0 bridgehead atoms. The fourth-order valence-electron chi connectivity index (χ4n) is 3.54. The molecule has 4 rings (SSSR count). The van der Waals surface area contributed by atoms with E-state index in [9.17, 15) is 13.2 Å². The Hall–Kier alpha value is -1.97. The quantitative estimate of drug-likeness (QED) is 0.766. The first kappa shape index (κ1) is 18.4. The Labute approximate surface area is 162 Å². The molecule has 0 spiro atoms. The third kappa shape index (κ3) is 3.35. The molecule has 1 aliphatic carbocycles. The number of nitrogens with two attached hydrogens (primary N) is 1. The highest BCUT2D eigenvalue weighted by molar-refractivity contribution is 7.89. The fourth-order valence-corrected chi connectivity index (χ4v) is 5.35. The lowest BCUT2D eigenvalue weighted by Crippen LogP contribution is -2.27. The first-order chi connectivity index (χ1) is 12.8. The standard InChI is InChI=1S/C18H22N4O3S2/c1-10-16(26-18(19)21-10)12-7-13-9-22(6-5-11-3-4-11)17(23)15(13)14(8-12)27(24,25)20-2/h7-8,11,20H,3-6,9H2,1-2H3,(H2,19,21). The van der Waals surface area contributed by atoms with Crippen LogP contribution in [-0.2, 0) is 16.6 Å². The van der Waals surface area contributed by atoms with Crippen molar-refractivity contribution in [3.8, 4) is 10.4 Å². The summed E-state index contributed by atoms with van der Waals surface area (Å²) in [5.74, 6) is 0.506. The summed E-state index contributed by atoms with van der Waals surface area (Å²) in [6.45, 7) is 2.95. The van der Waals surface area contributed by atoms with Gasteiger partial charge in [0.15, 0.2) is 5.13 Å². The molecule has 1 amide bonds. The van der Waals surface area contributed by atoms with Crippen molar-refractivity contribution < 1.29 is 13.2 Å². The second kappa shape index (κ2) is 6.57. The van der Waals surface area contributed by atoms with Crippen LogP contribution in [0.1, 0.15) is 40.9 Å². The Morgan fingerprint density at radius 3 is 2.70 bits per heavy atom. The van der Waals surface area contributed by atoms with Gasteiger partial charge in [-0.25, -0.2) is 18.1 Å². The average molecular weight is 407 g/mol. The predicted octanol–water partition coefficient (Wildman–Crippen LogP) is 2.36. The zero-order valence-electron chi connectivity index (χ0n) is 15.3. The number of anilines is 1. The summed E-state index contributed by atoms with van der Waals surface area (Å²) in [5.41, 5.74) is 8.32. The van der Waals surface area contributed by atoms with Gasteiger partial charge < -0.3 is 10.6 Å². The van der Waals surface area contributed by atoms with Gasteiger partial charge in [0.2, 0.25) is 10.0 Å². The van der Waals surface area contributed by atoms with Gasteiger partial charge in [-0.2, -0.15) is 0 Å². The number of fused-ring (bicyclic) bond motifs is 1. The van der Waals surface area contributed by atoms with Gasteiger partial charge in [0.1, 0.15) is 0 Å². The van der Waals surface area contributed by atoms with Crippen molar-refractivity contribution in [2.45, 2.75) is 37.6 Å². The minimum absolute atomic E-state index is 0.0304. The molecule has 2 heterocycles. The molecule has 7 nitrogen and oxygen atoms in total. The molecule has 27 heavy (non-hydrogen) atoms. The van der Waals surface area contributed by atoms with Gasteiger partial charge in [-0.05, 0) is 49.6 Å². The van der Waals surface area contributed by atoms with Crippen LogP contribution < -0.4 is 10.5 Å². The number of aromatic nitrogens is 1. The maximum atomic E-state index is 12.9. The van der Waals surface area contributed by atoms with Gasteiger partial charge in [0.25, 0.3) is 5.91 Å². The van der Waals surface area contributed by atoms with Gasteiger partial charge in [-0.1, -0.05) is 24.2 Å². The Morgan fingerprint density at radius 1 is 1.37 bits per heavy atom. The largest absolute Gasteiger partial charge is 0.375 e. The van der Waals surface area contributed by atoms with Crippen LogP contribution in [0.3, 0.4) is 0 Å². The van der Waals surface area contributed by atoms with E-state index in [1.807, 2.05) is 13.0 Å². The van der Waals surface area contributed by atoms with E-state index in [2.05, 4.69) is 9.71 Å². The summed E-state index contributed by atoms with van der Waals surface area (Å²) in [4.78, 5) is 19.8. The topological polar surface area (TPSA) is 105 Å². The van der Waals surface area contributed by atoms with Gasteiger partial charge in [0, 0.05) is 13.1 Å². The number of benzene rings is 1. The molecule has 0 radical (unpaired) electrons. The summed E-state index contributed by atoms with van der Waals surface area (Å²) >= 11 is 1.32. The first-order valence-corrected chi connectivity index (χ1v) is 11.2. The predicted molar refractivity (Wildman–Crippen MR) is 105 cm³/mol. The third-order valence-corrected chi connectivity index (χ3v) is 7.66. The number of hydrogen-bond donors (Lipinski definition) is 2. The van der Waals surface area contributed by atoms with Gasteiger partial charge in [0.05, 0.1) is 21.0 Å². The monoisotopic (exact) mass is 406 g/mol. The Bertz CT molecular complexity index is 1030. The van der Waals surface area contributed by atoms with Crippen LogP contribution in [0.2, 0.25) is 0 Å².